The number of halogens is 1. The van der Waals surface area contributed by atoms with E-state index in [2.05, 4.69) is 32.3 Å². The molecule has 0 radical (unpaired) electrons. The third-order valence-corrected chi connectivity index (χ3v) is 5.06. The summed E-state index contributed by atoms with van der Waals surface area (Å²) in [5.74, 6) is 1.72. The van der Waals surface area contributed by atoms with Gasteiger partial charge in [0.25, 0.3) is 0 Å². The Bertz CT molecular complexity index is 618. The van der Waals surface area contributed by atoms with Crippen LogP contribution < -0.4 is 0 Å². The molecule has 0 aliphatic rings. The molecule has 1 heterocycles. The Morgan fingerprint density at radius 1 is 1.45 bits per heavy atom. The minimum atomic E-state index is -0.0610. The zero-order valence-corrected chi connectivity index (χ0v) is 13.8. The predicted molar refractivity (Wildman–Crippen MR) is 87.9 cm³/mol. The van der Waals surface area contributed by atoms with Gasteiger partial charge in [0.1, 0.15) is 5.52 Å². The molecule has 108 valence electrons. The highest BCUT2D eigenvalue weighted by Gasteiger charge is 2.25. The molecule has 0 spiro atoms. The Labute approximate surface area is 129 Å². The van der Waals surface area contributed by atoms with Gasteiger partial charge in [-0.15, -0.1) is 18.3 Å². The second-order valence-electron chi connectivity index (χ2n) is 5.41. The van der Waals surface area contributed by atoms with Gasteiger partial charge < -0.3 is 4.42 Å². The molecular formula is C16H20ClNOS. The number of hydrogen-bond donors (Lipinski definition) is 0. The number of thioether (sulfide) groups is 1. The van der Waals surface area contributed by atoms with Crippen molar-refractivity contribution in [2.75, 3.05) is 5.75 Å². The summed E-state index contributed by atoms with van der Waals surface area (Å²) in [6.07, 6.45) is 3.83. The molecule has 0 N–H and O–H groups in total. The third kappa shape index (κ3) is 3.04. The highest BCUT2D eigenvalue weighted by Crippen LogP contribution is 2.38. The number of hydrogen-bond acceptors (Lipinski definition) is 3. The highest BCUT2D eigenvalue weighted by molar-refractivity contribution is 7.99. The van der Waals surface area contributed by atoms with E-state index in [1.165, 1.54) is 0 Å². The summed E-state index contributed by atoms with van der Waals surface area (Å²) in [5, 5.41) is 0.726. The van der Waals surface area contributed by atoms with Crippen molar-refractivity contribution < 1.29 is 4.42 Å². The summed E-state index contributed by atoms with van der Waals surface area (Å²) in [6, 6.07) is 3.82. The second kappa shape index (κ2) is 6.23. The Morgan fingerprint density at radius 3 is 2.85 bits per heavy atom. The molecule has 1 aromatic heterocycles. The van der Waals surface area contributed by atoms with Crippen molar-refractivity contribution >= 4 is 34.5 Å². The van der Waals surface area contributed by atoms with Gasteiger partial charge >= 0.3 is 0 Å². The molecule has 0 bridgehead atoms. The maximum Gasteiger partial charge on any atom is 0.201 e. The van der Waals surface area contributed by atoms with E-state index < -0.39 is 0 Å². The van der Waals surface area contributed by atoms with Crippen LogP contribution in [0.3, 0.4) is 0 Å². The molecule has 20 heavy (non-hydrogen) atoms. The molecule has 4 heteroatoms. The van der Waals surface area contributed by atoms with Gasteiger partial charge in [0.2, 0.25) is 5.89 Å². The quantitative estimate of drug-likeness (QED) is 0.381. The van der Waals surface area contributed by atoms with Crippen LogP contribution in [-0.4, -0.2) is 10.7 Å². The van der Waals surface area contributed by atoms with Gasteiger partial charge in [0.05, 0.1) is 9.92 Å². The third-order valence-electron chi connectivity index (χ3n) is 3.50. The summed E-state index contributed by atoms with van der Waals surface area (Å²) in [7, 11) is 0. The molecule has 2 rings (SSSR count). The first-order chi connectivity index (χ1) is 9.49. The van der Waals surface area contributed by atoms with Crippen LogP contribution in [0.4, 0.5) is 0 Å². The van der Waals surface area contributed by atoms with Crippen molar-refractivity contribution in [2.24, 2.45) is 0 Å². The summed E-state index contributed by atoms with van der Waals surface area (Å²) >= 11 is 8.00. The second-order valence-corrected chi connectivity index (χ2v) is 6.92. The Kier molecular flexibility index (Phi) is 4.82. The molecule has 0 amide bonds. The van der Waals surface area contributed by atoms with Crippen molar-refractivity contribution in [3.05, 3.63) is 35.7 Å². The van der Waals surface area contributed by atoms with E-state index in [0.29, 0.717) is 0 Å². The predicted octanol–water partition coefficient (Wildman–Crippen LogP) is 5.84. The molecule has 0 atom stereocenters. The van der Waals surface area contributed by atoms with Crippen molar-refractivity contribution in [3.63, 3.8) is 0 Å². The fourth-order valence-electron chi connectivity index (χ4n) is 1.76. The fourth-order valence-corrected chi connectivity index (χ4v) is 3.05. The Hall–Kier alpha value is -0.930. The van der Waals surface area contributed by atoms with Crippen molar-refractivity contribution in [2.45, 2.75) is 43.9 Å². The fraction of sp³-hybridized carbons (Fsp3) is 0.438. The SMILES string of the molecule is C=CCCSc1c(Cl)ccc2nc(C(C)(C)CC)oc12. The normalized spacial score (nSPS) is 12.0. The lowest BCUT2D eigenvalue weighted by Gasteiger charge is -2.17. The monoisotopic (exact) mass is 309 g/mol. The maximum atomic E-state index is 6.31. The van der Waals surface area contributed by atoms with E-state index in [4.69, 9.17) is 16.0 Å². The van der Waals surface area contributed by atoms with Crippen LogP contribution in [0, 0.1) is 0 Å². The number of aromatic nitrogens is 1. The Morgan fingerprint density at radius 2 is 2.20 bits per heavy atom. The van der Waals surface area contributed by atoms with E-state index in [1.54, 1.807) is 11.8 Å². The number of fused-ring (bicyclic) bond motifs is 1. The number of allylic oxidation sites excluding steroid dienone is 1. The standard InChI is InChI=1S/C16H20ClNOS/c1-5-7-10-20-14-11(17)8-9-12-13(14)19-15(18-12)16(3,4)6-2/h5,8-9H,1,6-7,10H2,2-4H3. The summed E-state index contributed by atoms with van der Waals surface area (Å²) in [6.45, 7) is 10.2. The lowest BCUT2D eigenvalue weighted by Crippen LogP contribution is -2.15. The van der Waals surface area contributed by atoms with Gasteiger partial charge in [-0.2, -0.15) is 0 Å². The molecule has 0 saturated carbocycles. The summed E-state index contributed by atoms with van der Waals surface area (Å²) in [5.41, 5.74) is 1.63. The average Bonchev–Trinajstić information content (AvgIpc) is 2.86. The molecule has 0 unspecified atom stereocenters. The molecule has 1 aromatic carbocycles. The lowest BCUT2D eigenvalue weighted by atomic mass is 9.90. The molecule has 2 aromatic rings. The molecule has 0 fully saturated rings. The largest absolute Gasteiger partial charge is 0.439 e. The van der Waals surface area contributed by atoms with E-state index in [9.17, 15) is 0 Å². The average molecular weight is 310 g/mol. The first kappa shape index (κ1) is 15.5. The minimum absolute atomic E-state index is 0.0610. The molecule has 0 aliphatic carbocycles. The first-order valence-corrected chi connectivity index (χ1v) is 8.19. The van der Waals surface area contributed by atoms with Crippen LogP contribution >= 0.6 is 23.4 Å². The lowest BCUT2D eigenvalue weighted by molar-refractivity contribution is 0.372. The van der Waals surface area contributed by atoms with Crippen molar-refractivity contribution in [3.8, 4) is 0 Å². The number of benzene rings is 1. The Balaban J connectivity index is 2.45. The molecule has 2 nitrogen and oxygen atoms in total. The topological polar surface area (TPSA) is 26.0 Å². The first-order valence-electron chi connectivity index (χ1n) is 6.83. The number of oxazole rings is 1. The van der Waals surface area contributed by atoms with Crippen molar-refractivity contribution in [1.82, 2.24) is 4.98 Å². The molecule has 0 saturated heterocycles. The van der Waals surface area contributed by atoms with Gasteiger partial charge in [-0.1, -0.05) is 38.4 Å². The van der Waals surface area contributed by atoms with Crippen LogP contribution in [0.5, 0.6) is 0 Å². The number of rotatable bonds is 6. The van der Waals surface area contributed by atoms with E-state index in [1.807, 2.05) is 18.2 Å². The van der Waals surface area contributed by atoms with Crippen LogP contribution in [0.25, 0.3) is 11.1 Å². The van der Waals surface area contributed by atoms with Crippen LogP contribution in [0.2, 0.25) is 5.02 Å². The smallest absolute Gasteiger partial charge is 0.201 e. The van der Waals surface area contributed by atoms with Crippen LogP contribution in [0.1, 0.15) is 39.5 Å². The zero-order valence-electron chi connectivity index (χ0n) is 12.2. The van der Waals surface area contributed by atoms with Crippen molar-refractivity contribution in [1.29, 1.82) is 0 Å². The highest BCUT2D eigenvalue weighted by atomic mass is 35.5. The van der Waals surface area contributed by atoms with E-state index in [0.717, 1.165) is 45.5 Å². The molecular weight excluding hydrogens is 290 g/mol. The molecule has 0 aliphatic heterocycles. The van der Waals surface area contributed by atoms with Crippen LogP contribution in [0.15, 0.2) is 34.1 Å². The summed E-state index contributed by atoms with van der Waals surface area (Å²) in [4.78, 5) is 5.61. The van der Waals surface area contributed by atoms with Gasteiger partial charge in [-0.25, -0.2) is 4.98 Å². The van der Waals surface area contributed by atoms with Gasteiger partial charge in [-0.05, 0) is 25.0 Å². The van der Waals surface area contributed by atoms with Crippen LogP contribution in [-0.2, 0) is 5.41 Å². The number of nitrogens with zero attached hydrogens (tertiary/aromatic N) is 1. The van der Waals surface area contributed by atoms with Gasteiger partial charge in [0.15, 0.2) is 5.58 Å². The summed E-state index contributed by atoms with van der Waals surface area (Å²) < 4.78 is 6.02. The zero-order chi connectivity index (χ0) is 14.8. The van der Waals surface area contributed by atoms with E-state index in [-0.39, 0.29) is 5.41 Å². The maximum absolute atomic E-state index is 6.31. The van der Waals surface area contributed by atoms with E-state index >= 15 is 0 Å². The van der Waals surface area contributed by atoms with Gasteiger partial charge in [-0.3, -0.25) is 0 Å². The minimum Gasteiger partial charge on any atom is -0.439 e. The van der Waals surface area contributed by atoms with Gasteiger partial charge in [0, 0.05) is 11.2 Å².